The molecule has 3 N–H and O–H groups in total. The summed E-state index contributed by atoms with van der Waals surface area (Å²) in [6.07, 6.45) is 1.74. The van der Waals surface area contributed by atoms with Gasteiger partial charge in [0.05, 0.1) is 12.2 Å². The molecule has 9 nitrogen and oxygen atoms in total. The summed E-state index contributed by atoms with van der Waals surface area (Å²) in [5.74, 6) is -4.89. The lowest BCUT2D eigenvalue weighted by molar-refractivity contribution is -0.156. The first-order valence-electron chi connectivity index (χ1n) is 9.13. The number of pyridine rings is 1. The molecule has 1 aromatic carbocycles. The van der Waals surface area contributed by atoms with Crippen LogP contribution in [-0.4, -0.2) is 38.8 Å². The van der Waals surface area contributed by atoms with Gasteiger partial charge in [0.2, 0.25) is 0 Å². The number of benzene rings is 1. The molecule has 1 amide bonds. The summed E-state index contributed by atoms with van der Waals surface area (Å²) >= 11 is 0. The van der Waals surface area contributed by atoms with Crippen molar-refractivity contribution in [3.05, 3.63) is 59.9 Å². The van der Waals surface area contributed by atoms with Gasteiger partial charge < -0.3 is 25.0 Å². The minimum atomic E-state index is -1.95. The van der Waals surface area contributed by atoms with Crippen molar-refractivity contribution in [2.45, 2.75) is 39.0 Å². The number of aromatic nitrogens is 1. The molecule has 30 heavy (non-hydrogen) atoms. The summed E-state index contributed by atoms with van der Waals surface area (Å²) in [6.45, 7) is 5.13. The molecule has 0 aliphatic carbocycles. The molecule has 1 heterocycles. The van der Waals surface area contributed by atoms with E-state index in [1.165, 1.54) is 18.5 Å². The molecule has 2 rings (SSSR count). The fourth-order valence-electron chi connectivity index (χ4n) is 2.61. The molecule has 0 radical (unpaired) electrons. The normalized spacial score (nSPS) is 12.1. The Morgan fingerprint density at radius 3 is 2.27 bits per heavy atom. The average Bonchev–Trinajstić information content (AvgIpc) is 2.65. The number of carboxylic acid groups (broad SMARTS) is 2. The van der Waals surface area contributed by atoms with Crippen LogP contribution in [0.3, 0.4) is 0 Å². The van der Waals surface area contributed by atoms with Gasteiger partial charge in [-0.3, -0.25) is 14.6 Å². The molecule has 0 spiro atoms. The van der Waals surface area contributed by atoms with E-state index in [0.717, 1.165) is 5.56 Å². The van der Waals surface area contributed by atoms with E-state index >= 15 is 0 Å². The van der Waals surface area contributed by atoms with Gasteiger partial charge >= 0.3 is 18.0 Å². The molecule has 0 bridgehead atoms. The fourth-order valence-corrected chi connectivity index (χ4v) is 2.61. The number of ether oxygens (including phenoxy) is 2. The molecule has 1 aromatic heterocycles. The van der Waals surface area contributed by atoms with Crippen molar-refractivity contribution in [2.24, 2.45) is 5.92 Å². The van der Waals surface area contributed by atoms with Crippen molar-refractivity contribution >= 4 is 18.0 Å². The zero-order valence-electron chi connectivity index (χ0n) is 16.9. The molecule has 2 aromatic rings. The minimum absolute atomic E-state index is 0.154. The third kappa shape index (κ3) is 6.77. The van der Waals surface area contributed by atoms with E-state index in [9.17, 15) is 24.6 Å². The Bertz CT molecular complexity index is 880. The maximum absolute atomic E-state index is 12.2. The van der Waals surface area contributed by atoms with Gasteiger partial charge in [0.15, 0.2) is 5.92 Å². The van der Waals surface area contributed by atoms with Crippen LogP contribution in [0.25, 0.3) is 0 Å². The smallest absolute Gasteiger partial charge is 0.408 e. The highest BCUT2D eigenvalue weighted by Gasteiger charge is 2.38. The van der Waals surface area contributed by atoms with Crippen LogP contribution in [0.4, 0.5) is 4.79 Å². The Kier molecular flexibility index (Phi) is 7.35. The Labute approximate surface area is 173 Å². The highest BCUT2D eigenvalue weighted by molar-refractivity contribution is 5.94. The van der Waals surface area contributed by atoms with Crippen LogP contribution < -0.4 is 10.1 Å². The molecule has 0 unspecified atom stereocenters. The Morgan fingerprint density at radius 1 is 1.07 bits per heavy atom. The van der Waals surface area contributed by atoms with Crippen LogP contribution in [0.1, 0.15) is 37.9 Å². The monoisotopic (exact) mass is 416 g/mol. The standard InChI is InChI=1S/C21H24N2O7/c1-21(2,3)30-20(28)23-17(16(18(24)25)19(26)27)14-9-15(11-22-10-14)29-12-13-7-5-4-6-8-13/h4-11,16-17H,12H2,1-3H3,(H,23,28)(H,24,25)(H,26,27)/t17-/m1/s1. The molecule has 0 saturated heterocycles. The number of alkyl carbamates (subject to hydrolysis) is 1. The quantitative estimate of drug-likeness (QED) is 0.559. The van der Waals surface area contributed by atoms with Crippen molar-refractivity contribution in [1.29, 1.82) is 0 Å². The molecule has 0 aliphatic rings. The first kappa shape index (κ1) is 22.7. The molecule has 9 heteroatoms. The van der Waals surface area contributed by atoms with Crippen LogP contribution in [0.15, 0.2) is 48.8 Å². The van der Waals surface area contributed by atoms with Crippen LogP contribution in [0, 0.1) is 5.92 Å². The van der Waals surface area contributed by atoms with Crippen molar-refractivity contribution in [2.75, 3.05) is 0 Å². The largest absolute Gasteiger partial charge is 0.487 e. The number of nitrogens with one attached hydrogen (secondary N) is 1. The van der Waals surface area contributed by atoms with Gasteiger partial charge in [-0.2, -0.15) is 0 Å². The van der Waals surface area contributed by atoms with E-state index in [2.05, 4.69) is 10.3 Å². The fraction of sp³-hybridized carbons (Fsp3) is 0.333. The third-order valence-corrected chi connectivity index (χ3v) is 3.88. The zero-order valence-corrected chi connectivity index (χ0v) is 16.9. The third-order valence-electron chi connectivity index (χ3n) is 3.88. The second-order valence-electron chi connectivity index (χ2n) is 7.51. The van der Waals surface area contributed by atoms with Gasteiger partial charge in [-0.25, -0.2) is 4.79 Å². The number of amides is 1. The predicted molar refractivity (Wildman–Crippen MR) is 106 cm³/mol. The maximum atomic E-state index is 12.2. The summed E-state index contributed by atoms with van der Waals surface area (Å²) in [4.78, 5) is 39.4. The van der Waals surface area contributed by atoms with Gasteiger partial charge in [0.1, 0.15) is 18.0 Å². The second kappa shape index (κ2) is 9.73. The molecule has 0 fully saturated rings. The predicted octanol–water partition coefficient (Wildman–Crippen LogP) is 3.01. The lowest BCUT2D eigenvalue weighted by Gasteiger charge is -2.26. The van der Waals surface area contributed by atoms with Crippen molar-refractivity contribution in [3.8, 4) is 5.75 Å². The van der Waals surface area contributed by atoms with Crippen LogP contribution >= 0.6 is 0 Å². The number of carbonyl (C=O) groups excluding carboxylic acids is 1. The Balaban J connectivity index is 2.29. The number of nitrogens with zero attached hydrogens (tertiary/aromatic N) is 1. The second-order valence-corrected chi connectivity index (χ2v) is 7.51. The first-order valence-corrected chi connectivity index (χ1v) is 9.13. The summed E-state index contributed by atoms with van der Waals surface area (Å²) in [6, 6.07) is 9.34. The first-order chi connectivity index (χ1) is 14.1. The number of hydrogen-bond donors (Lipinski definition) is 3. The van der Waals surface area contributed by atoms with Gasteiger partial charge in [0, 0.05) is 6.20 Å². The van der Waals surface area contributed by atoms with E-state index in [1.807, 2.05) is 30.3 Å². The zero-order chi connectivity index (χ0) is 22.3. The topological polar surface area (TPSA) is 135 Å². The lowest BCUT2D eigenvalue weighted by atomic mass is 9.94. The molecule has 160 valence electrons. The summed E-state index contributed by atoms with van der Waals surface area (Å²) in [5.41, 5.74) is 0.205. The SMILES string of the molecule is CC(C)(C)OC(=O)N[C@H](c1cncc(OCc2ccccc2)c1)C(C(=O)O)C(=O)O. The average molecular weight is 416 g/mol. The van der Waals surface area contributed by atoms with Crippen molar-refractivity contribution in [1.82, 2.24) is 10.3 Å². The van der Waals surface area contributed by atoms with Gasteiger partial charge in [0.25, 0.3) is 0 Å². The Morgan fingerprint density at radius 2 is 1.70 bits per heavy atom. The van der Waals surface area contributed by atoms with E-state index in [4.69, 9.17) is 9.47 Å². The van der Waals surface area contributed by atoms with Gasteiger partial charge in [-0.05, 0) is 38.0 Å². The maximum Gasteiger partial charge on any atom is 0.408 e. The number of rotatable bonds is 8. The molecule has 1 atom stereocenters. The van der Waals surface area contributed by atoms with Crippen LogP contribution in [-0.2, 0) is 20.9 Å². The number of carbonyl (C=O) groups is 3. The van der Waals surface area contributed by atoms with Crippen molar-refractivity contribution in [3.63, 3.8) is 0 Å². The van der Waals surface area contributed by atoms with Crippen molar-refractivity contribution < 1.29 is 34.1 Å². The number of carboxylic acids is 2. The van der Waals surface area contributed by atoms with Gasteiger partial charge in [-0.1, -0.05) is 30.3 Å². The summed E-state index contributed by atoms with van der Waals surface area (Å²) in [7, 11) is 0. The molecular weight excluding hydrogens is 392 g/mol. The number of aliphatic carboxylic acids is 2. The molecule has 0 saturated carbocycles. The summed E-state index contributed by atoms with van der Waals surface area (Å²) in [5, 5.41) is 21.2. The van der Waals surface area contributed by atoms with E-state index in [1.54, 1.807) is 20.8 Å². The minimum Gasteiger partial charge on any atom is -0.487 e. The van der Waals surface area contributed by atoms with E-state index in [0.29, 0.717) is 5.75 Å². The van der Waals surface area contributed by atoms with Crippen LogP contribution in [0.2, 0.25) is 0 Å². The van der Waals surface area contributed by atoms with E-state index < -0.39 is 35.6 Å². The number of hydrogen-bond acceptors (Lipinski definition) is 6. The summed E-state index contributed by atoms with van der Waals surface area (Å²) < 4.78 is 10.8. The van der Waals surface area contributed by atoms with E-state index in [-0.39, 0.29) is 12.2 Å². The lowest BCUT2D eigenvalue weighted by Crippen LogP contribution is -2.42. The molecular formula is C21H24N2O7. The highest BCUT2D eigenvalue weighted by atomic mass is 16.6. The molecule has 0 aliphatic heterocycles. The van der Waals surface area contributed by atoms with Gasteiger partial charge in [-0.15, -0.1) is 0 Å². The van der Waals surface area contributed by atoms with Crippen LogP contribution in [0.5, 0.6) is 5.75 Å². The Hall–Kier alpha value is -3.62. The highest BCUT2D eigenvalue weighted by Crippen LogP contribution is 2.26.